The van der Waals surface area contributed by atoms with E-state index in [4.69, 9.17) is 11.0 Å². The number of halogens is 4. The van der Waals surface area contributed by atoms with Crippen LogP contribution in [-0.4, -0.2) is 17.3 Å². The first-order valence-corrected chi connectivity index (χ1v) is 3.90. The maximum Gasteiger partial charge on any atom is 0.573 e. The third-order valence-electron chi connectivity index (χ3n) is 1.56. The fourth-order valence-electron chi connectivity index (χ4n) is 0.949. The highest BCUT2D eigenvalue weighted by Gasteiger charge is 2.33. The minimum Gasteiger partial charge on any atom is -0.403 e. The molecule has 5 nitrogen and oxygen atoms in total. The molecule has 0 aliphatic carbocycles. The standard InChI is InChI=1S/C8H3F4N3O2/c9-5-3(1-13)4(17-8(10,11)12)2-15-6(5)7(14)16/h2H,(H2,14,16). The number of nitrogens with zero attached hydrogens (tertiary/aromatic N) is 2. The van der Waals surface area contributed by atoms with E-state index in [1.807, 2.05) is 0 Å². The Balaban J connectivity index is 3.33. The van der Waals surface area contributed by atoms with E-state index in [0.29, 0.717) is 6.20 Å². The first-order chi connectivity index (χ1) is 7.76. The quantitative estimate of drug-likeness (QED) is 0.794. The molecule has 0 aliphatic rings. The summed E-state index contributed by atoms with van der Waals surface area (Å²) in [7, 11) is 0. The molecule has 0 saturated heterocycles. The molecule has 0 radical (unpaired) electrons. The Hall–Kier alpha value is -2.37. The van der Waals surface area contributed by atoms with E-state index >= 15 is 0 Å². The number of nitrogens with two attached hydrogens (primary N) is 1. The van der Waals surface area contributed by atoms with Gasteiger partial charge in [0.25, 0.3) is 5.91 Å². The van der Waals surface area contributed by atoms with Gasteiger partial charge in [-0.3, -0.25) is 4.79 Å². The average Bonchev–Trinajstić information content (AvgIpc) is 2.15. The summed E-state index contributed by atoms with van der Waals surface area (Å²) in [5.74, 6) is -4.00. The van der Waals surface area contributed by atoms with Crippen molar-refractivity contribution in [2.75, 3.05) is 0 Å². The Bertz CT molecular complexity index is 507. The summed E-state index contributed by atoms with van der Waals surface area (Å²) in [5.41, 5.74) is 2.68. The van der Waals surface area contributed by atoms with E-state index in [9.17, 15) is 22.4 Å². The van der Waals surface area contributed by atoms with Gasteiger partial charge in [-0.1, -0.05) is 0 Å². The van der Waals surface area contributed by atoms with Crippen molar-refractivity contribution in [2.45, 2.75) is 6.36 Å². The molecule has 0 aromatic carbocycles. The zero-order valence-electron chi connectivity index (χ0n) is 7.88. The SMILES string of the molecule is N#Cc1c(OC(F)(F)F)cnc(C(N)=O)c1F. The van der Waals surface area contributed by atoms with Crippen molar-refractivity contribution in [3.63, 3.8) is 0 Å². The molecule has 2 N–H and O–H groups in total. The van der Waals surface area contributed by atoms with E-state index < -0.39 is 35.1 Å². The molecule has 0 atom stereocenters. The van der Waals surface area contributed by atoms with Crippen LogP contribution in [0.1, 0.15) is 16.1 Å². The number of carbonyl (C=O) groups excluding carboxylic acids is 1. The van der Waals surface area contributed by atoms with E-state index in [2.05, 4.69) is 9.72 Å². The van der Waals surface area contributed by atoms with Gasteiger partial charge in [-0.05, 0) is 0 Å². The molecule has 0 aliphatic heterocycles. The molecular formula is C8H3F4N3O2. The molecule has 1 aromatic heterocycles. The molecule has 0 bridgehead atoms. The van der Waals surface area contributed by atoms with Crippen LogP contribution >= 0.6 is 0 Å². The van der Waals surface area contributed by atoms with Crippen LogP contribution in [0.25, 0.3) is 0 Å². The van der Waals surface area contributed by atoms with Crippen LogP contribution in [-0.2, 0) is 0 Å². The summed E-state index contributed by atoms with van der Waals surface area (Å²) in [6, 6.07) is 1.13. The molecule has 90 valence electrons. The number of carbonyl (C=O) groups is 1. The highest BCUT2D eigenvalue weighted by Crippen LogP contribution is 2.27. The lowest BCUT2D eigenvalue weighted by Crippen LogP contribution is -2.20. The van der Waals surface area contributed by atoms with E-state index in [1.54, 1.807) is 0 Å². The van der Waals surface area contributed by atoms with Crippen molar-refractivity contribution >= 4 is 5.91 Å². The second-order valence-electron chi connectivity index (χ2n) is 2.68. The van der Waals surface area contributed by atoms with Gasteiger partial charge in [-0.2, -0.15) is 5.26 Å². The van der Waals surface area contributed by atoms with Gasteiger partial charge in [0.1, 0.15) is 11.6 Å². The maximum absolute atomic E-state index is 13.3. The van der Waals surface area contributed by atoms with Gasteiger partial charge in [0, 0.05) is 0 Å². The summed E-state index contributed by atoms with van der Waals surface area (Å²) in [5, 5.41) is 8.49. The number of rotatable bonds is 2. The molecule has 1 amide bonds. The number of alkyl halides is 3. The number of pyridine rings is 1. The number of hydrogen-bond acceptors (Lipinski definition) is 4. The number of primary amides is 1. The highest BCUT2D eigenvalue weighted by atomic mass is 19.4. The monoisotopic (exact) mass is 249 g/mol. The number of amides is 1. The van der Waals surface area contributed by atoms with Gasteiger partial charge in [0.05, 0.1) is 6.20 Å². The lowest BCUT2D eigenvalue weighted by atomic mass is 10.2. The summed E-state index contributed by atoms with van der Waals surface area (Å²) in [6.07, 6.45) is -4.71. The van der Waals surface area contributed by atoms with Crippen molar-refractivity contribution in [1.29, 1.82) is 5.26 Å². The van der Waals surface area contributed by atoms with Crippen LogP contribution in [0.5, 0.6) is 5.75 Å². The highest BCUT2D eigenvalue weighted by molar-refractivity contribution is 5.91. The normalized spacial score (nSPS) is 10.8. The van der Waals surface area contributed by atoms with Crippen molar-refractivity contribution < 1.29 is 27.1 Å². The van der Waals surface area contributed by atoms with Gasteiger partial charge < -0.3 is 10.5 Å². The number of nitriles is 1. The van der Waals surface area contributed by atoms with Crippen molar-refractivity contribution in [3.05, 3.63) is 23.3 Å². The Labute approximate surface area is 91.4 Å². The zero-order chi connectivity index (χ0) is 13.2. The van der Waals surface area contributed by atoms with E-state index in [-0.39, 0.29) is 0 Å². The van der Waals surface area contributed by atoms with Crippen LogP contribution in [0, 0.1) is 17.1 Å². The van der Waals surface area contributed by atoms with Crippen molar-refractivity contribution in [2.24, 2.45) is 5.73 Å². The molecule has 0 spiro atoms. The number of aromatic nitrogens is 1. The van der Waals surface area contributed by atoms with Crippen LogP contribution in [0.15, 0.2) is 6.20 Å². The lowest BCUT2D eigenvalue weighted by Gasteiger charge is -2.10. The van der Waals surface area contributed by atoms with E-state index in [1.165, 1.54) is 0 Å². The summed E-state index contributed by atoms with van der Waals surface area (Å²) < 4.78 is 52.3. The van der Waals surface area contributed by atoms with Crippen LogP contribution in [0.3, 0.4) is 0 Å². The molecule has 1 heterocycles. The third kappa shape index (κ3) is 2.81. The predicted molar refractivity (Wildman–Crippen MR) is 44.1 cm³/mol. The number of ether oxygens (including phenoxy) is 1. The minimum absolute atomic E-state index is 0.398. The Morgan fingerprint density at radius 2 is 2.12 bits per heavy atom. The molecule has 17 heavy (non-hydrogen) atoms. The molecule has 0 saturated carbocycles. The smallest absolute Gasteiger partial charge is 0.403 e. The largest absolute Gasteiger partial charge is 0.573 e. The Morgan fingerprint density at radius 3 is 2.53 bits per heavy atom. The van der Waals surface area contributed by atoms with Gasteiger partial charge in [-0.25, -0.2) is 9.37 Å². The maximum atomic E-state index is 13.3. The second-order valence-corrected chi connectivity index (χ2v) is 2.68. The van der Waals surface area contributed by atoms with Gasteiger partial charge in [-0.15, -0.1) is 13.2 Å². The second kappa shape index (κ2) is 4.25. The molecule has 1 aromatic rings. The first kappa shape index (κ1) is 12.7. The molecule has 9 heteroatoms. The summed E-state index contributed by atoms with van der Waals surface area (Å²) >= 11 is 0. The van der Waals surface area contributed by atoms with E-state index in [0.717, 1.165) is 6.07 Å². The minimum atomic E-state index is -5.10. The van der Waals surface area contributed by atoms with Gasteiger partial charge in [0.2, 0.25) is 0 Å². The lowest BCUT2D eigenvalue weighted by molar-refractivity contribution is -0.274. The average molecular weight is 249 g/mol. The van der Waals surface area contributed by atoms with Crippen LogP contribution in [0.4, 0.5) is 17.6 Å². The molecular weight excluding hydrogens is 246 g/mol. The summed E-state index contributed by atoms with van der Waals surface area (Å²) in [4.78, 5) is 13.7. The number of hydrogen-bond donors (Lipinski definition) is 1. The summed E-state index contributed by atoms with van der Waals surface area (Å²) in [6.45, 7) is 0. The fourth-order valence-corrected chi connectivity index (χ4v) is 0.949. The molecule has 1 rings (SSSR count). The first-order valence-electron chi connectivity index (χ1n) is 3.90. The van der Waals surface area contributed by atoms with Gasteiger partial charge in [0.15, 0.2) is 17.3 Å². The van der Waals surface area contributed by atoms with Gasteiger partial charge >= 0.3 is 6.36 Å². The molecule has 0 fully saturated rings. The van der Waals surface area contributed by atoms with Crippen LogP contribution < -0.4 is 10.5 Å². The Morgan fingerprint density at radius 1 is 1.53 bits per heavy atom. The fraction of sp³-hybridized carbons (Fsp3) is 0.125. The van der Waals surface area contributed by atoms with Crippen LogP contribution in [0.2, 0.25) is 0 Å². The Kier molecular flexibility index (Phi) is 3.17. The zero-order valence-corrected chi connectivity index (χ0v) is 7.88. The van der Waals surface area contributed by atoms with Crippen molar-refractivity contribution in [3.8, 4) is 11.8 Å². The van der Waals surface area contributed by atoms with Crippen molar-refractivity contribution in [1.82, 2.24) is 4.98 Å². The topological polar surface area (TPSA) is 89.0 Å². The third-order valence-corrected chi connectivity index (χ3v) is 1.56. The molecule has 0 unspecified atom stereocenters. The predicted octanol–water partition coefficient (Wildman–Crippen LogP) is 1.09.